The molecule has 0 unspecified atom stereocenters. The van der Waals surface area contributed by atoms with Crippen LogP contribution in [0.25, 0.3) is 33.1 Å². The highest BCUT2D eigenvalue weighted by molar-refractivity contribution is 6.01. The van der Waals surface area contributed by atoms with Gasteiger partial charge in [-0.3, -0.25) is 4.98 Å². The van der Waals surface area contributed by atoms with Gasteiger partial charge in [-0.1, -0.05) is 36.4 Å². The second-order valence-corrected chi connectivity index (χ2v) is 4.69. The molecule has 20 heavy (non-hydrogen) atoms. The molecule has 2 N–H and O–H groups in total. The molecule has 0 radical (unpaired) electrons. The Balaban J connectivity index is 2.14. The van der Waals surface area contributed by atoms with E-state index in [0.717, 1.165) is 33.1 Å². The zero-order valence-corrected chi connectivity index (χ0v) is 10.6. The number of imidazole rings is 1. The zero-order chi connectivity index (χ0) is 13.5. The van der Waals surface area contributed by atoms with Gasteiger partial charge in [0.1, 0.15) is 0 Å². The van der Waals surface area contributed by atoms with Gasteiger partial charge in [0.25, 0.3) is 0 Å². The molecule has 2 aromatic carbocycles. The first-order valence-corrected chi connectivity index (χ1v) is 6.38. The van der Waals surface area contributed by atoms with Crippen LogP contribution >= 0.6 is 0 Å². The van der Waals surface area contributed by atoms with Crippen molar-refractivity contribution in [2.75, 3.05) is 0 Å². The molecule has 0 aliphatic rings. The molecule has 2 heterocycles. The smallest absolute Gasteiger partial charge is 0.306 e. The van der Waals surface area contributed by atoms with Gasteiger partial charge in [0, 0.05) is 22.7 Å². The van der Waals surface area contributed by atoms with Crippen LogP contribution in [-0.2, 0) is 0 Å². The van der Waals surface area contributed by atoms with E-state index in [2.05, 4.69) is 15.0 Å². The van der Waals surface area contributed by atoms with Gasteiger partial charge >= 0.3 is 5.69 Å². The molecule has 2 aromatic heterocycles. The van der Waals surface area contributed by atoms with Gasteiger partial charge in [0.2, 0.25) is 0 Å². The van der Waals surface area contributed by atoms with E-state index in [9.17, 15) is 4.79 Å². The third-order valence-corrected chi connectivity index (χ3v) is 3.47. The summed E-state index contributed by atoms with van der Waals surface area (Å²) >= 11 is 0. The minimum absolute atomic E-state index is 0.194. The van der Waals surface area contributed by atoms with Crippen molar-refractivity contribution in [2.45, 2.75) is 0 Å². The zero-order valence-electron chi connectivity index (χ0n) is 10.6. The Kier molecular flexibility index (Phi) is 2.23. The van der Waals surface area contributed by atoms with Gasteiger partial charge in [-0.25, -0.2) is 4.79 Å². The summed E-state index contributed by atoms with van der Waals surface area (Å²) < 4.78 is 0. The molecular weight excluding hydrogens is 250 g/mol. The number of hydrogen-bond donors (Lipinski definition) is 2. The number of fused-ring (bicyclic) bond motifs is 2. The van der Waals surface area contributed by atoms with Gasteiger partial charge in [0.05, 0.1) is 16.6 Å². The fraction of sp³-hybridized carbons (Fsp3) is 0. The lowest BCUT2D eigenvalue weighted by Gasteiger charge is -2.06. The van der Waals surface area contributed by atoms with Crippen LogP contribution < -0.4 is 5.69 Å². The number of nitrogens with zero attached hydrogens (tertiary/aromatic N) is 1. The predicted octanol–water partition coefficient (Wildman–Crippen LogP) is 3.07. The molecule has 0 spiro atoms. The van der Waals surface area contributed by atoms with Crippen LogP contribution in [-0.4, -0.2) is 15.0 Å². The van der Waals surface area contributed by atoms with Crippen molar-refractivity contribution < 1.29 is 0 Å². The second-order valence-electron chi connectivity index (χ2n) is 4.69. The van der Waals surface area contributed by atoms with Crippen molar-refractivity contribution in [1.29, 1.82) is 0 Å². The lowest BCUT2D eigenvalue weighted by atomic mass is 10.0. The van der Waals surface area contributed by atoms with Crippen LogP contribution in [0.4, 0.5) is 0 Å². The summed E-state index contributed by atoms with van der Waals surface area (Å²) in [6, 6.07) is 15.8. The molecular formula is C16H11N3O. The topological polar surface area (TPSA) is 61.5 Å². The molecule has 96 valence electrons. The highest BCUT2D eigenvalue weighted by atomic mass is 16.1. The summed E-state index contributed by atoms with van der Waals surface area (Å²) in [5.74, 6) is 0. The van der Waals surface area contributed by atoms with Gasteiger partial charge in [0.15, 0.2) is 0 Å². The van der Waals surface area contributed by atoms with E-state index in [-0.39, 0.29) is 5.69 Å². The van der Waals surface area contributed by atoms with E-state index < -0.39 is 0 Å². The van der Waals surface area contributed by atoms with Crippen molar-refractivity contribution in [2.24, 2.45) is 0 Å². The Hall–Kier alpha value is -2.88. The quantitative estimate of drug-likeness (QED) is 0.553. The monoisotopic (exact) mass is 261 g/mol. The molecule has 4 aromatic rings. The van der Waals surface area contributed by atoms with Gasteiger partial charge < -0.3 is 9.97 Å². The number of aromatic nitrogens is 3. The molecule has 0 aliphatic heterocycles. The van der Waals surface area contributed by atoms with Crippen molar-refractivity contribution >= 4 is 21.9 Å². The lowest BCUT2D eigenvalue weighted by Crippen LogP contribution is -1.99. The average Bonchev–Trinajstić information content (AvgIpc) is 2.87. The fourth-order valence-corrected chi connectivity index (χ4v) is 2.60. The van der Waals surface area contributed by atoms with Crippen LogP contribution in [0.1, 0.15) is 0 Å². The number of rotatable bonds is 1. The summed E-state index contributed by atoms with van der Waals surface area (Å²) in [5.41, 5.74) is 4.36. The molecule has 4 rings (SSSR count). The Morgan fingerprint density at radius 1 is 0.850 bits per heavy atom. The van der Waals surface area contributed by atoms with Crippen LogP contribution in [0, 0.1) is 0 Å². The Bertz CT molecular complexity index is 976. The minimum Gasteiger partial charge on any atom is -0.306 e. The second kappa shape index (κ2) is 4.06. The first-order valence-electron chi connectivity index (χ1n) is 6.38. The van der Waals surface area contributed by atoms with Crippen LogP contribution in [0.2, 0.25) is 0 Å². The van der Waals surface area contributed by atoms with Crippen molar-refractivity contribution in [1.82, 2.24) is 15.0 Å². The molecule has 0 saturated heterocycles. The standard InChI is InChI=1S/C16H11N3O/c20-16-18-13-8-2-7-12(15(13)19-16)11-6-1-4-10-5-3-9-17-14(10)11/h1-9H,(H2,18,19,20). The van der Waals surface area contributed by atoms with Gasteiger partial charge in [-0.05, 0) is 12.1 Å². The maximum Gasteiger partial charge on any atom is 0.323 e. The van der Waals surface area contributed by atoms with Gasteiger partial charge in [-0.15, -0.1) is 0 Å². The van der Waals surface area contributed by atoms with Gasteiger partial charge in [-0.2, -0.15) is 0 Å². The molecule has 4 heteroatoms. The first kappa shape index (κ1) is 11.0. The van der Waals surface area contributed by atoms with Crippen LogP contribution in [0.5, 0.6) is 0 Å². The number of aromatic amines is 2. The summed E-state index contributed by atoms with van der Waals surface area (Å²) in [6.07, 6.45) is 1.78. The van der Waals surface area contributed by atoms with Crippen molar-refractivity contribution in [3.63, 3.8) is 0 Å². The van der Waals surface area contributed by atoms with E-state index in [1.807, 2.05) is 48.5 Å². The highest BCUT2D eigenvalue weighted by Gasteiger charge is 2.09. The van der Waals surface area contributed by atoms with E-state index >= 15 is 0 Å². The van der Waals surface area contributed by atoms with E-state index in [4.69, 9.17) is 0 Å². The maximum absolute atomic E-state index is 11.5. The van der Waals surface area contributed by atoms with E-state index in [1.165, 1.54) is 0 Å². The summed E-state index contributed by atoms with van der Waals surface area (Å²) in [4.78, 5) is 21.6. The number of pyridine rings is 1. The Labute approximate surface area is 114 Å². The third kappa shape index (κ3) is 1.55. The molecule has 0 saturated carbocycles. The summed E-state index contributed by atoms with van der Waals surface area (Å²) in [6.45, 7) is 0. The van der Waals surface area contributed by atoms with E-state index in [0.29, 0.717) is 0 Å². The molecule has 0 bridgehead atoms. The average molecular weight is 261 g/mol. The number of hydrogen-bond acceptors (Lipinski definition) is 2. The first-order chi connectivity index (χ1) is 9.83. The normalized spacial score (nSPS) is 11.2. The largest absolute Gasteiger partial charge is 0.323 e. The van der Waals surface area contributed by atoms with Crippen LogP contribution in [0.15, 0.2) is 59.5 Å². The molecule has 4 nitrogen and oxygen atoms in total. The molecule has 0 atom stereocenters. The fourth-order valence-electron chi connectivity index (χ4n) is 2.60. The van der Waals surface area contributed by atoms with Crippen LogP contribution in [0.3, 0.4) is 0 Å². The summed E-state index contributed by atoms with van der Waals surface area (Å²) in [7, 11) is 0. The number of benzene rings is 2. The molecule has 0 fully saturated rings. The maximum atomic E-state index is 11.5. The summed E-state index contributed by atoms with van der Waals surface area (Å²) in [5, 5.41) is 1.08. The number of para-hydroxylation sites is 2. The molecule has 0 aliphatic carbocycles. The minimum atomic E-state index is -0.194. The Morgan fingerprint density at radius 3 is 2.60 bits per heavy atom. The number of H-pyrrole nitrogens is 2. The molecule has 0 amide bonds. The lowest BCUT2D eigenvalue weighted by molar-refractivity contribution is 1.22. The Morgan fingerprint density at radius 2 is 1.65 bits per heavy atom. The SMILES string of the molecule is O=c1[nH]c2cccc(-c3cccc4cccnc34)c2[nH]1. The van der Waals surface area contributed by atoms with Crippen molar-refractivity contribution in [3.05, 3.63) is 65.2 Å². The van der Waals surface area contributed by atoms with E-state index in [1.54, 1.807) is 6.20 Å². The van der Waals surface area contributed by atoms with Crippen molar-refractivity contribution in [3.8, 4) is 11.1 Å². The number of nitrogens with one attached hydrogen (secondary N) is 2. The third-order valence-electron chi connectivity index (χ3n) is 3.47. The predicted molar refractivity (Wildman–Crippen MR) is 79.7 cm³/mol. The highest BCUT2D eigenvalue weighted by Crippen LogP contribution is 2.30.